The number of phenols is 1. The van der Waals surface area contributed by atoms with E-state index in [1.807, 2.05) is 72.8 Å². The maximum absolute atomic E-state index is 13.2. The highest BCUT2D eigenvalue weighted by Crippen LogP contribution is 2.42. The van der Waals surface area contributed by atoms with Crippen molar-refractivity contribution in [3.63, 3.8) is 0 Å². The summed E-state index contributed by atoms with van der Waals surface area (Å²) in [6.45, 7) is 1.75. The van der Waals surface area contributed by atoms with Crippen LogP contribution in [0.3, 0.4) is 0 Å². The number of nitrogens with zero attached hydrogens (tertiary/aromatic N) is 6. The van der Waals surface area contributed by atoms with Gasteiger partial charge in [-0.05, 0) is 78.0 Å². The van der Waals surface area contributed by atoms with Crippen molar-refractivity contribution in [1.82, 2.24) is 0 Å². The highest BCUT2D eigenvalue weighted by atomic mass is 16.5. The number of aromatic hydroxyl groups is 1. The van der Waals surface area contributed by atoms with Gasteiger partial charge >= 0.3 is 0 Å². The number of phenolic OH excluding ortho intramolecular Hbond substituents is 1. The fraction of sp³-hybridized carbons (Fsp3) is 0.0976. The van der Waals surface area contributed by atoms with Gasteiger partial charge in [-0.2, -0.15) is 20.3 Å². The first kappa shape index (κ1) is 34.2. The van der Waals surface area contributed by atoms with Gasteiger partial charge in [-0.25, -0.2) is 0 Å². The van der Waals surface area contributed by atoms with Crippen molar-refractivity contribution in [2.45, 2.75) is 13.0 Å². The first-order valence-corrected chi connectivity index (χ1v) is 16.6. The number of carbonyl (C=O) groups excluding carboxylic acids is 2. The van der Waals surface area contributed by atoms with E-state index in [0.717, 1.165) is 11.1 Å². The fourth-order valence-electron chi connectivity index (χ4n) is 5.86. The van der Waals surface area contributed by atoms with E-state index in [1.54, 1.807) is 61.5 Å². The monoisotopic (exact) mass is 703 g/mol. The van der Waals surface area contributed by atoms with Crippen LogP contribution >= 0.6 is 0 Å². The second-order valence-electron chi connectivity index (χ2n) is 12.0. The Labute approximate surface area is 304 Å². The summed E-state index contributed by atoms with van der Waals surface area (Å²) in [5.74, 6) is -0.191. The molecule has 1 aliphatic heterocycles. The predicted molar refractivity (Wildman–Crippen MR) is 205 cm³/mol. The number of para-hydroxylation sites is 2. The second kappa shape index (κ2) is 15.0. The quantitative estimate of drug-likeness (QED) is 0.136. The lowest BCUT2D eigenvalue weighted by atomic mass is 10.0. The molecule has 0 aliphatic carbocycles. The fourth-order valence-corrected chi connectivity index (χ4v) is 5.86. The molecule has 6 aromatic rings. The average Bonchev–Trinajstić information content (AvgIpc) is 3.48. The van der Waals surface area contributed by atoms with Crippen molar-refractivity contribution >= 4 is 56.7 Å². The summed E-state index contributed by atoms with van der Waals surface area (Å²) in [6, 6.07) is 37.1. The summed E-state index contributed by atoms with van der Waals surface area (Å²) >= 11 is 0. The standard InChI is InChI=1S/C41H33N7O5/c1-25-37(41(51)48(47-25)30-15-8-5-9-16-30)45-43-33-20-18-26(23-35(33)52-2)27-19-21-34(36(24-27)53-3)44-46-38-31-17-11-10-12-28(31)22-32(39(38)49)40(50)42-29-13-6-4-7-14-29/h4-24,37,49H,1-3H3,(H,42,50). The molecular formula is C41H33N7O5. The Kier molecular flexibility index (Phi) is 9.66. The third kappa shape index (κ3) is 7.06. The maximum atomic E-state index is 13.2. The van der Waals surface area contributed by atoms with Gasteiger partial charge in [-0.15, -0.1) is 10.2 Å². The van der Waals surface area contributed by atoms with Crippen molar-refractivity contribution in [2.75, 3.05) is 24.5 Å². The lowest BCUT2D eigenvalue weighted by Crippen LogP contribution is -2.29. The Hall–Kier alpha value is -7.21. The van der Waals surface area contributed by atoms with Crippen LogP contribution in [0.15, 0.2) is 153 Å². The van der Waals surface area contributed by atoms with Crippen LogP contribution in [0, 0.1) is 0 Å². The molecule has 1 unspecified atom stereocenters. The SMILES string of the molecule is COc1cc(-c2ccc(N=NC3C(=O)N(c4ccccc4)N=C3C)c(OC)c2)ccc1N=Nc1c(O)c(C(=O)Nc2ccccc2)cc2ccccc12. The lowest BCUT2D eigenvalue weighted by molar-refractivity contribution is -0.117. The predicted octanol–water partition coefficient (Wildman–Crippen LogP) is 9.77. The van der Waals surface area contributed by atoms with Crippen molar-refractivity contribution in [1.29, 1.82) is 0 Å². The molecule has 2 amide bonds. The Morgan fingerprint density at radius 2 is 1.36 bits per heavy atom. The van der Waals surface area contributed by atoms with Crippen LogP contribution in [0.2, 0.25) is 0 Å². The minimum absolute atomic E-state index is 0.0630. The molecule has 2 N–H and O–H groups in total. The summed E-state index contributed by atoms with van der Waals surface area (Å²) in [6.07, 6.45) is 0. The largest absolute Gasteiger partial charge is 0.505 e. The van der Waals surface area contributed by atoms with E-state index in [9.17, 15) is 14.7 Å². The molecule has 7 rings (SSSR count). The normalized spacial score (nSPS) is 14.2. The van der Waals surface area contributed by atoms with Gasteiger partial charge < -0.3 is 19.9 Å². The van der Waals surface area contributed by atoms with E-state index in [0.29, 0.717) is 50.7 Å². The highest BCUT2D eigenvalue weighted by Gasteiger charge is 2.34. The molecule has 262 valence electrons. The van der Waals surface area contributed by atoms with Crippen molar-refractivity contribution < 1.29 is 24.2 Å². The zero-order valence-electron chi connectivity index (χ0n) is 29.0. The summed E-state index contributed by atoms with van der Waals surface area (Å²) in [5.41, 5.74) is 4.44. The van der Waals surface area contributed by atoms with Gasteiger partial charge in [0.25, 0.3) is 11.8 Å². The number of nitrogens with one attached hydrogen (secondary N) is 1. The Balaban J connectivity index is 1.14. The smallest absolute Gasteiger partial charge is 0.280 e. The summed E-state index contributed by atoms with van der Waals surface area (Å²) in [5, 5.41) is 38.7. The summed E-state index contributed by atoms with van der Waals surface area (Å²) < 4.78 is 11.3. The maximum Gasteiger partial charge on any atom is 0.280 e. The van der Waals surface area contributed by atoms with Crippen LogP contribution in [-0.4, -0.2) is 42.9 Å². The molecule has 0 radical (unpaired) electrons. The van der Waals surface area contributed by atoms with Gasteiger partial charge in [0.05, 0.1) is 31.2 Å². The third-order valence-corrected chi connectivity index (χ3v) is 8.60. The van der Waals surface area contributed by atoms with E-state index < -0.39 is 11.9 Å². The molecule has 0 saturated heterocycles. The van der Waals surface area contributed by atoms with Crippen LogP contribution in [0.5, 0.6) is 17.2 Å². The number of hydrogen-bond acceptors (Lipinski definition) is 10. The molecule has 12 heteroatoms. The van der Waals surface area contributed by atoms with Gasteiger partial charge in [-0.1, -0.05) is 72.8 Å². The van der Waals surface area contributed by atoms with E-state index in [4.69, 9.17) is 9.47 Å². The Morgan fingerprint density at radius 3 is 2.02 bits per heavy atom. The number of carbonyl (C=O) groups is 2. The molecule has 1 aliphatic rings. The van der Waals surface area contributed by atoms with E-state index in [1.165, 1.54) is 19.2 Å². The Morgan fingerprint density at radius 1 is 0.755 bits per heavy atom. The summed E-state index contributed by atoms with van der Waals surface area (Å²) in [4.78, 5) is 26.3. The first-order valence-electron chi connectivity index (χ1n) is 16.6. The topological polar surface area (TPSA) is 150 Å². The van der Waals surface area contributed by atoms with Gasteiger partial charge in [0.2, 0.25) is 0 Å². The number of hydrazone groups is 1. The van der Waals surface area contributed by atoms with E-state index in [2.05, 4.69) is 30.9 Å². The second-order valence-corrected chi connectivity index (χ2v) is 12.0. The molecule has 0 bridgehead atoms. The minimum Gasteiger partial charge on any atom is -0.505 e. The number of ether oxygens (including phenoxy) is 2. The molecule has 12 nitrogen and oxygen atoms in total. The van der Waals surface area contributed by atoms with Crippen molar-refractivity contribution in [2.24, 2.45) is 25.6 Å². The number of fused-ring (bicyclic) bond motifs is 1. The number of methoxy groups -OCH3 is 2. The van der Waals surface area contributed by atoms with Crippen LogP contribution in [0.25, 0.3) is 21.9 Å². The van der Waals surface area contributed by atoms with Gasteiger partial charge in [-0.3, -0.25) is 9.59 Å². The summed E-state index contributed by atoms with van der Waals surface area (Å²) in [7, 11) is 3.06. The molecule has 0 spiro atoms. The zero-order chi connectivity index (χ0) is 36.9. The van der Waals surface area contributed by atoms with Crippen LogP contribution < -0.4 is 19.8 Å². The zero-order valence-corrected chi connectivity index (χ0v) is 29.0. The number of anilines is 2. The first-order chi connectivity index (χ1) is 25.8. The van der Waals surface area contributed by atoms with Crippen molar-refractivity contribution in [3.8, 4) is 28.4 Å². The van der Waals surface area contributed by atoms with Gasteiger partial charge in [0.1, 0.15) is 28.6 Å². The number of rotatable bonds is 10. The van der Waals surface area contributed by atoms with E-state index >= 15 is 0 Å². The molecule has 0 fully saturated rings. The number of amides is 2. The molecule has 6 aromatic carbocycles. The van der Waals surface area contributed by atoms with Gasteiger partial charge in [0, 0.05) is 11.1 Å². The number of benzene rings is 6. The van der Waals surface area contributed by atoms with Crippen molar-refractivity contribution in [3.05, 3.63) is 133 Å². The van der Waals surface area contributed by atoms with E-state index in [-0.39, 0.29) is 22.9 Å². The minimum atomic E-state index is -0.848. The molecular weight excluding hydrogens is 670 g/mol. The molecule has 53 heavy (non-hydrogen) atoms. The number of hydrogen-bond donors (Lipinski definition) is 2. The number of azo groups is 2. The molecule has 1 atom stereocenters. The van der Waals surface area contributed by atoms with Crippen LogP contribution in [0.1, 0.15) is 17.3 Å². The lowest BCUT2D eigenvalue weighted by Gasteiger charge is -2.12. The van der Waals surface area contributed by atoms with Gasteiger partial charge in [0.15, 0.2) is 11.8 Å². The molecule has 0 aromatic heterocycles. The average molecular weight is 704 g/mol. The van der Waals surface area contributed by atoms with Crippen LogP contribution in [-0.2, 0) is 4.79 Å². The highest BCUT2D eigenvalue weighted by molar-refractivity contribution is 6.18. The molecule has 1 heterocycles. The third-order valence-electron chi connectivity index (χ3n) is 8.60. The Bertz CT molecular complexity index is 2430. The van der Waals surface area contributed by atoms with Crippen LogP contribution in [0.4, 0.5) is 28.4 Å². The molecule has 0 saturated carbocycles.